The van der Waals surface area contributed by atoms with Gasteiger partial charge in [-0.15, -0.1) is 0 Å². The molecule has 0 saturated carbocycles. The van der Waals surface area contributed by atoms with Gasteiger partial charge in [0.1, 0.15) is 0 Å². The Bertz CT molecular complexity index is 397. The minimum atomic E-state index is -0.468. The van der Waals surface area contributed by atoms with Gasteiger partial charge in [0, 0.05) is 25.4 Å². The number of hydrogen-bond acceptors (Lipinski definition) is 3. The lowest BCUT2D eigenvalue weighted by Crippen LogP contribution is -2.37. The largest absolute Gasteiger partial charge is 0.381 e. The molecular weight excluding hydrogens is 255 g/mol. The van der Waals surface area contributed by atoms with Gasteiger partial charge in [0.05, 0.1) is 6.61 Å². The van der Waals surface area contributed by atoms with E-state index in [1.54, 1.807) is 6.20 Å². The molecule has 1 saturated heterocycles. The van der Waals surface area contributed by atoms with Crippen LogP contribution in [0.2, 0.25) is 5.15 Å². The topological polar surface area (TPSA) is 34.2 Å². The number of nitrogens with zero attached hydrogens (tertiary/aromatic N) is 1. The lowest BCUT2D eigenvalue weighted by atomic mass is 9.95. The summed E-state index contributed by atoms with van der Waals surface area (Å²) in [7, 11) is 0. The van der Waals surface area contributed by atoms with Crippen molar-refractivity contribution >= 4 is 11.6 Å². The quantitative estimate of drug-likeness (QED) is 0.856. The molecule has 0 radical (unpaired) electrons. The minimum Gasteiger partial charge on any atom is -0.381 e. The summed E-state index contributed by atoms with van der Waals surface area (Å²) >= 11 is 5.54. The van der Waals surface area contributed by atoms with Gasteiger partial charge in [-0.25, -0.2) is 9.37 Å². The van der Waals surface area contributed by atoms with Crippen LogP contribution < -0.4 is 5.32 Å². The summed E-state index contributed by atoms with van der Waals surface area (Å²) in [6.45, 7) is 4.41. The molecule has 1 aliphatic rings. The second kappa shape index (κ2) is 6.45. The van der Waals surface area contributed by atoms with Crippen LogP contribution in [0.1, 0.15) is 25.3 Å². The second-order valence-electron chi connectivity index (χ2n) is 4.76. The molecule has 1 aromatic rings. The van der Waals surface area contributed by atoms with Crippen LogP contribution in [-0.4, -0.2) is 24.2 Å². The summed E-state index contributed by atoms with van der Waals surface area (Å²) < 4.78 is 18.7. The van der Waals surface area contributed by atoms with Crippen molar-refractivity contribution in [2.45, 2.75) is 32.4 Å². The van der Waals surface area contributed by atoms with E-state index in [9.17, 15) is 4.39 Å². The van der Waals surface area contributed by atoms with E-state index in [4.69, 9.17) is 16.3 Å². The van der Waals surface area contributed by atoms with E-state index in [0.29, 0.717) is 18.5 Å². The minimum absolute atomic E-state index is 0.0764. The van der Waals surface area contributed by atoms with Gasteiger partial charge in [0.15, 0.2) is 11.0 Å². The number of rotatable bonds is 4. The maximum Gasteiger partial charge on any atom is 0.164 e. The Labute approximate surface area is 112 Å². The molecule has 3 nitrogen and oxygen atoms in total. The third-order valence-corrected chi connectivity index (χ3v) is 3.66. The number of halogens is 2. The Morgan fingerprint density at radius 2 is 2.50 bits per heavy atom. The highest BCUT2D eigenvalue weighted by molar-refractivity contribution is 6.29. The molecule has 1 aliphatic heterocycles. The molecule has 18 heavy (non-hydrogen) atoms. The average Bonchev–Trinajstić information content (AvgIpc) is 2.41. The third kappa shape index (κ3) is 3.64. The molecule has 100 valence electrons. The lowest BCUT2D eigenvalue weighted by molar-refractivity contribution is 0.0417. The van der Waals surface area contributed by atoms with Crippen LogP contribution in [0.3, 0.4) is 0 Å². The first kappa shape index (κ1) is 13.7. The molecule has 5 heteroatoms. The van der Waals surface area contributed by atoms with Crippen LogP contribution in [0.5, 0.6) is 0 Å². The molecule has 0 spiro atoms. The van der Waals surface area contributed by atoms with Crippen molar-refractivity contribution in [1.29, 1.82) is 0 Å². The SMILES string of the molecule is CC(NCc1cnc(Cl)c(F)c1)C1CCCOC1. The summed E-state index contributed by atoms with van der Waals surface area (Å²) in [5.41, 5.74) is 0.806. The monoisotopic (exact) mass is 272 g/mol. The zero-order chi connectivity index (χ0) is 13.0. The van der Waals surface area contributed by atoms with Gasteiger partial charge in [0.25, 0.3) is 0 Å². The molecule has 2 unspecified atom stereocenters. The van der Waals surface area contributed by atoms with E-state index in [1.807, 2.05) is 0 Å². The van der Waals surface area contributed by atoms with Gasteiger partial charge < -0.3 is 10.1 Å². The van der Waals surface area contributed by atoms with Crippen LogP contribution in [0.4, 0.5) is 4.39 Å². The first-order valence-corrected chi connectivity index (χ1v) is 6.65. The van der Waals surface area contributed by atoms with Crippen LogP contribution >= 0.6 is 11.6 Å². The summed E-state index contributed by atoms with van der Waals surface area (Å²) in [5, 5.41) is 3.31. The second-order valence-corrected chi connectivity index (χ2v) is 5.12. The first-order valence-electron chi connectivity index (χ1n) is 6.28. The normalized spacial score (nSPS) is 21.8. The molecule has 2 rings (SSSR count). The van der Waals surface area contributed by atoms with E-state index in [1.165, 1.54) is 12.5 Å². The fraction of sp³-hybridized carbons (Fsp3) is 0.615. The third-order valence-electron chi connectivity index (χ3n) is 3.38. The van der Waals surface area contributed by atoms with E-state index >= 15 is 0 Å². The Morgan fingerprint density at radius 1 is 1.67 bits per heavy atom. The van der Waals surface area contributed by atoms with Crippen molar-refractivity contribution < 1.29 is 9.13 Å². The van der Waals surface area contributed by atoms with E-state index in [2.05, 4.69) is 17.2 Å². The molecular formula is C13H18ClFN2O. The Morgan fingerprint density at radius 3 is 3.17 bits per heavy atom. The van der Waals surface area contributed by atoms with Gasteiger partial charge in [-0.3, -0.25) is 0 Å². The van der Waals surface area contributed by atoms with Crippen molar-refractivity contribution in [3.05, 3.63) is 28.8 Å². The lowest BCUT2D eigenvalue weighted by Gasteiger charge is -2.28. The smallest absolute Gasteiger partial charge is 0.164 e. The molecule has 1 N–H and O–H groups in total. The summed E-state index contributed by atoms with van der Waals surface area (Å²) in [5.74, 6) is 0.0634. The highest BCUT2D eigenvalue weighted by atomic mass is 35.5. The molecule has 0 aromatic carbocycles. The molecule has 1 aromatic heterocycles. The Kier molecular flexibility index (Phi) is 4.92. The van der Waals surface area contributed by atoms with Crippen LogP contribution in [0, 0.1) is 11.7 Å². The molecule has 0 bridgehead atoms. The summed E-state index contributed by atoms with van der Waals surface area (Å²) in [6, 6.07) is 1.77. The maximum atomic E-state index is 13.2. The fourth-order valence-corrected chi connectivity index (χ4v) is 2.27. The molecule has 2 heterocycles. The van der Waals surface area contributed by atoms with E-state index in [0.717, 1.165) is 25.2 Å². The van der Waals surface area contributed by atoms with Crippen molar-refractivity contribution in [2.24, 2.45) is 5.92 Å². The highest BCUT2D eigenvalue weighted by Gasteiger charge is 2.20. The standard InChI is InChI=1S/C13H18ClFN2O/c1-9(11-3-2-4-18-8-11)16-6-10-5-12(15)13(14)17-7-10/h5,7,9,11,16H,2-4,6,8H2,1H3. The van der Waals surface area contributed by atoms with Gasteiger partial charge in [0.2, 0.25) is 0 Å². The van der Waals surface area contributed by atoms with Crippen molar-refractivity contribution in [3.8, 4) is 0 Å². The van der Waals surface area contributed by atoms with Gasteiger partial charge in [-0.1, -0.05) is 11.6 Å². The number of pyridine rings is 1. The fourth-order valence-electron chi connectivity index (χ4n) is 2.16. The number of hydrogen-bond donors (Lipinski definition) is 1. The molecule has 0 amide bonds. The van der Waals surface area contributed by atoms with E-state index in [-0.39, 0.29) is 5.15 Å². The predicted octanol–water partition coefficient (Wildman–Crippen LogP) is 2.78. The van der Waals surface area contributed by atoms with Gasteiger partial charge in [-0.05, 0) is 37.3 Å². The zero-order valence-corrected chi connectivity index (χ0v) is 11.2. The summed E-state index contributed by atoms with van der Waals surface area (Å²) in [4.78, 5) is 3.79. The number of ether oxygens (including phenoxy) is 1. The van der Waals surface area contributed by atoms with Crippen molar-refractivity contribution in [2.75, 3.05) is 13.2 Å². The predicted molar refractivity (Wildman–Crippen MR) is 69.0 cm³/mol. The average molecular weight is 273 g/mol. The Balaban J connectivity index is 1.84. The molecule has 0 aliphatic carbocycles. The summed E-state index contributed by atoms with van der Waals surface area (Å²) in [6.07, 6.45) is 3.90. The van der Waals surface area contributed by atoms with Crippen molar-refractivity contribution in [1.82, 2.24) is 10.3 Å². The number of aromatic nitrogens is 1. The van der Waals surface area contributed by atoms with Gasteiger partial charge >= 0.3 is 0 Å². The zero-order valence-electron chi connectivity index (χ0n) is 10.5. The van der Waals surface area contributed by atoms with E-state index < -0.39 is 5.82 Å². The first-order chi connectivity index (χ1) is 8.66. The maximum absolute atomic E-state index is 13.2. The number of nitrogens with one attached hydrogen (secondary N) is 1. The highest BCUT2D eigenvalue weighted by Crippen LogP contribution is 2.18. The van der Waals surface area contributed by atoms with Crippen LogP contribution in [0.15, 0.2) is 12.3 Å². The Hall–Kier alpha value is -0.710. The van der Waals surface area contributed by atoms with Gasteiger partial charge in [-0.2, -0.15) is 0 Å². The van der Waals surface area contributed by atoms with Crippen LogP contribution in [-0.2, 0) is 11.3 Å². The molecule has 1 fully saturated rings. The van der Waals surface area contributed by atoms with Crippen LogP contribution in [0.25, 0.3) is 0 Å². The molecule has 2 atom stereocenters. The van der Waals surface area contributed by atoms with Crippen molar-refractivity contribution in [3.63, 3.8) is 0 Å².